The van der Waals surface area contributed by atoms with Gasteiger partial charge in [-0.15, -0.1) is 11.3 Å². The lowest BCUT2D eigenvalue weighted by atomic mass is 9.96. The van der Waals surface area contributed by atoms with E-state index in [1.165, 1.54) is 18.3 Å². The highest BCUT2D eigenvalue weighted by atomic mass is 32.1. The molecule has 4 nitrogen and oxygen atoms in total. The quantitative estimate of drug-likeness (QED) is 0.542. The Balaban J connectivity index is 1.90. The molecular weight excluding hydrogens is 303 g/mol. The van der Waals surface area contributed by atoms with Crippen LogP contribution in [0.15, 0.2) is 42.6 Å². The first-order valence-corrected chi connectivity index (χ1v) is 7.28. The number of benzene rings is 1. The second-order valence-electron chi connectivity index (χ2n) is 4.76. The highest BCUT2D eigenvalue weighted by molar-refractivity contribution is 7.17. The Morgan fingerprint density at radius 1 is 1.00 bits per heavy atom. The minimum absolute atomic E-state index is 0.120. The molecule has 6 heteroatoms. The molecule has 0 bridgehead atoms. The smallest absolute Gasteiger partial charge is 0.224 e. The summed E-state index contributed by atoms with van der Waals surface area (Å²) in [5.41, 5.74) is 1.07. The van der Waals surface area contributed by atoms with Crippen LogP contribution in [0.2, 0.25) is 0 Å². The third-order valence-electron chi connectivity index (χ3n) is 3.39. The maximum Gasteiger partial charge on any atom is 0.224 e. The number of rotatable bonds is 1. The Morgan fingerprint density at radius 2 is 1.86 bits per heavy atom. The summed E-state index contributed by atoms with van der Waals surface area (Å²) in [4.78, 5) is 33.4. The van der Waals surface area contributed by atoms with Crippen molar-refractivity contribution in [2.75, 3.05) is 0 Å². The lowest BCUT2D eigenvalue weighted by Crippen LogP contribution is -2.20. The SMILES string of the molecule is O=C1c2cccnc2C(=O)c2sc(-c3cccc(F)c3)nc21. The number of thiazole rings is 1. The number of fused-ring (bicyclic) bond motifs is 2. The first-order valence-electron chi connectivity index (χ1n) is 6.46. The molecule has 0 saturated heterocycles. The van der Waals surface area contributed by atoms with Crippen LogP contribution in [0.1, 0.15) is 31.4 Å². The fraction of sp³-hybridized carbons (Fsp3) is 0. The third-order valence-corrected chi connectivity index (χ3v) is 4.49. The average Bonchev–Trinajstić information content (AvgIpc) is 2.98. The van der Waals surface area contributed by atoms with Crippen molar-refractivity contribution in [3.05, 3.63) is 70.2 Å². The van der Waals surface area contributed by atoms with E-state index < -0.39 is 5.82 Å². The molecule has 0 saturated carbocycles. The van der Waals surface area contributed by atoms with E-state index in [4.69, 9.17) is 0 Å². The monoisotopic (exact) mass is 310 g/mol. The first kappa shape index (κ1) is 13.0. The predicted molar refractivity (Wildman–Crippen MR) is 78.6 cm³/mol. The summed E-state index contributed by atoms with van der Waals surface area (Å²) in [6.07, 6.45) is 1.48. The van der Waals surface area contributed by atoms with Gasteiger partial charge in [-0.3, -0.25) is 14.6 Å². The van der Waals surface area contributed by atoms with Gasteiger partial charge in [0.15, 0.2) is 0 Å². The number of carbonyl (C=O) groups excluding carboxylic acids is 2. The van der Waals surface area contributed by atoms with Crippen LogP contribution in [0.25, 0.3) is 10.6 Å². The number of halogens is 1. The van der Waals surface area contributed by atoms with Crippen LogP contribution >= 0.6 is 11.3 Å². The lowest BCUT2D eigenvalue weighted by Gasteiger charge is -2.10. The van der Waals surface area contributed by atoms with Gasteiger partial charge in [0, 0.05) is 11.8 Å². The summed E-state index contributed by atoms with van der Waals surface area (Å²) in [6, 6.07) is 9.07. The van der Waals surface area contributed by atoms with Gasteiger partial charge in [-0.2, -0.15) is 0 Å². The molecule has 106 valence electrons. The van der Waals surface area contributed by atoms with E-state index in [0.29, 0.717) is 10.6 Å². The zero-order valence-electron chi connectivity index (χ0n) is 11.0. The first-order chi connectivity index (χ1) is 10.6. The highest BCUT2D eigenvalue weighted by Crippen LogP contribution is 2.34. The Labute approximate surface area is 128 Å². The average molecular weight is 310 g/mol. The summed E-state index contributed by atoms with van der Waals surface area (Å²) in [6.45, 7) is 0. The Hall–Kier alpha value is -2.73. The van der Waals surface area contributed by atoms with Gasteiger partial charge in [-0.05, 0) is 24.3 Å². The maximum atomic E-state index is 13.3. The molecule has 2 heterocycles. The van der Waals surface area contributed by atoms with Crippen molar-refractivity contribution in [1.82, 2.24) is 9.97 Å². The molecule has 1 aliphatic carbocycles. The van der Waals surface area contributed by atoms with Crippen LogP contribution in [0.3, 0.4) is 0 Å². The molecule has 2 aromatic heterocycles. The van der Waals surface area contributed by atoms with E-state index in [0.717, 1.165) is 11.3 Å². The van der Waals surface area contributed by atoms with Crippen molar-refractivity contribution in [3.8, 4) is 10.6 Å². The zero-order valence-corrected chi connectivity index (χ0v) is 11.9. The van der Waals surface area contributed by atoms with E-state index in [1.54, 1.807) is 24.3 Å². The number of ketones is 2. The highest BCUT2D eigenvalue weighted by Gasteiger charge is 2.34. The molecule has 4 rings (SSSR count). The van der Waals surface area contributed by atoms with E-state index in [9.17, 15) is 14.0 Å². The molecule has 0 unspecified atom stereocenters. The van der Waals surface area contributed by atoms with Gasteiger partial charge in [0.1, 0.15) is 27.1 Å². The summed E-state index contributed by atoms with van der Waals surface area (Å²) >= 11 is 1.08. The number of carbonyl (C=O) groups is 2. The topological polar surface area (TPSA) is 59.9 Å². The minimum atomic E-state index is -0.395. The second kappa shape index (κ2) is 4.64. The molecule has 0 spiro atoms. The Bertz CT molecular complexity index is 896. The van der Waals surface area contributed by atoms with Crippen molar-refractivity contribution in [1.29, 1.82) is 0 Å². The molecule has 0 N–H and O–H groups in total. The molecule has 0 fully saturated rings. The molecule has 1 aromatic carbocycles. The number of pyridine rings is 1. The van der Waals surface area contributed by atoms with Crippen molar-refractivity contribution in [2.24, 2.45) is 0 Å². The standard InChI is InChI=1S/C16H7FN2O2S/c17-9-4-1-3-8(7-9)16-19-12-13(20)10-5-2-6-18-11(10)14(21)15(12)22-16/h1-7H. The molecule has 0 amide bonds. The molecule has 0 radical (unpaired) electrons. The predicted octanol–water partition coefficient (Wildman–Crippen LogP) is 3.12. The second-order valence-corrected chi connectivity index (χ2v) is 5.76. The van der Waals surface area contributed by atoms with Crippen LogP contribution in [0, 0.1) is 5.82 Å². The fourth-order valence-electron chi connectivity index (χ4n) is 2.38. The minimum Gasteiger partial charge on any atom is -0.287 e. The van der Waals surface area contributed by atoms with E-state index >= 15 is 0 Å². The van der Waals surface area contributed by atoms with Crippen LogP contribution in [0.4, 0.5) is 4.39 Å². The summed E-state index contributed by atoms with van der Waals surface area (Å²) in [7, 11) is 0. The Morgan fingerprint density at radius 3 is 2.68 bits per heavy atom. The van der Waals surface area contributed by atoms with Gasteiger partial charge in [-0.1, -0.05) is 12.1 Å². The summed E-state index contributed by atoms with van der Waals surface area (Å²) < 4.78 is 13.3. The van der Waals surface area contributed by atoms with Gasteiger partial charge in [0.05, 0.1) is 5.56 Å². The molecular formula is C16H7FN2O2S. The molecule has 0 aliphatic heterocycles. The van der Waals surface area contributed by atoms with Crippen LogP contribution in [-0.2, 0) is 0 Å². The van der Waals surface area contributed by atoms with Crippen molar-refractivity contribution in [2.45, 2.75) is 0 Å². The lowest BCUT2D eigenvalue weighted by molar-refractivity contribution is 0.0975. The van der Waals surface area contributed by atoms with Gasteiger partial charge in [-0.25, -0.2) is 9.37 Å². The summed E-state index contributed by atoms with van der Waals surface area (Å²) in [5.74, 6) is -1.03. The molecule has 3 aromatic rings. The van der Waals surface area contributed by atoms with Gasteiger partial charge >= 0.3 is 0 Å². The van der Waals surface area contributed by atoms with E-state index in [-0.39, 0.29) is 33.4 Å². The Kier molecular flexibility index (Phi) is 2.74. The van der Waals surface area contributed by atoms with Crippen molar-refractivity contribution >= 4 is 22.9 Å². The normalized spacial score (nSPS) is 13.0. The molecule has 0 atom stereocenters. The number of nitrogens with zero attached hydrogens (tertiary/aromatic N) is 2. The number of hydrogen-bond donors (Lipinski definition) is 0. The van der Waals surface area contributed by atoms with Crippen LogP contribution in [-0.4, -0.2) is 21.5 Å². The largest absolute Gasteiger partial charge is 0.287 e. The van der Waals surface area contributed by atoms with Crippen molar-refractivity contribution < 1.29 is 14.0 Å². The number of hydrogen-bond acceptors (Lipinski definition) is 5. The van der Waals surface area contributed by atoms with Gasteiger partial charge < -0.3 is 0 Å². The van der Waals surface area contributed by atoms with Crippen molar-refractivity contribution in [3.63, 3.8) is 0 Å². The van der Waals surface area contributed by atoms with Crippen LogP contribution in [0.5, 0.6) is 0 Å². The summed E-state index contributed by atoms with van der Waals surface area (Å²) in [5, 5.41) is 0.444. The van der Waals surface area contributed by atoms with Gasteiger partial charge in [0.2, 0.25) is 11.6 Å². The fourth-order valence-corrected chi connectivity index (χ4v) is 3.38. The number of aromatic nitrogens is 2. The molecule has 22 heavy (non-hydrogen) atoms. The van der Waals surface area contributed by atoms with E-state index in [1.807, 2.05) is 0 Å². The molecule has 1 aliphatic rings. The third kappa shape index (κ3) is 1.81. The van der Waals surface area contributed by atoms with E-state index in [2.05, 4.69) is 9.97 Å². The zero-order chi connectivity index (χ0) is 15.3. The van der Waals surface area contributed by atoms with Gasteiger partial charge in [0.25, 0.3) is 0 Å². The van der Waals surface area contributed by atoms with Crippen LogP contribution < -0.4 is 0 Å². The maximum absolute atomic E-state index is 13.3.